The van der Waals surface area contributed by atoms with Crippen LogP contribution in [0.4, 0.5) is 5.82 Å². The summed E-state index contributed by atoms with van der Waals surface area (Å²) in [7, 11) is 3.67. The summed E-state index contributed by atoms with van der Waals surface area (Å²) in [5, 5.41) is 22.8. The third kappa shape index (κ3) is 2.75. The molecule has 146 valence electrons. The summed E-state index contributed by atoms with van der Waals surface area (Å²) < 4.78 is 6.57. The Bertz CT molecular complexity index is 1080. The molecule has 2 aromatic heterocycles. The molecule has 2 fully saturated rings. The quantitative estimate of drug-likeness (QED) is 0.716. The van der Waals surface area contributed by atoms with Crippen LogP contribution < -0.4 is 16.0 Å². The van der Waals surface area contributed by atoms with Gasteiger partial charge in [-0.05, 0) is 43.9 Å². The van der Waals surface area contributed by atoms with Crippen LogP contribution in [0.3, 0.4) is 0 Å². The molecule has 1 aromatic carbocycles. The lowest BCUT2D eigenvalue weighted by atomic mass is 9.98. The van der Waals surface area contributed by atoms with E-state index in [-0.39, 0.29) is 5.75 Å². The fraction of sp³-hybridized carbons (Fsp3) is 0.450. The largest absolute Gasteiger partial charge is 0.507 e. The summed E-state index contributed by atoms with van der Waals surface area (Å²) in [6.07, 6.45) is 4.77. The molecule has 3 aromatic rings. The first-order valence-electron chi connectivity index (χ1n) is 9.65. The van der Waals surface area contributed by atoms with Crippen LogP contribution >= 0.6 is 0 Å². The number of phenols is 1. The fourth-order valence-electron chi connectivity index (χ4n) is 4.55. The van der Waals surface area contributed by atoms with Gasteiger partial charge in [0.25, 0.3) is 0 Å². The zero-order chi connectivity index (χ0) is 19.4. The highest BCUT2D eigenvalue weighted by Gasteiger charge is 2.35. The number of hydrogen-bond acceptors (Lipinski definition) is 7. The van der Waals surface area contributed by atoms with Gasteiger partial charge in [0.15, 0.2) is 11.4 Å². The summed E-state index contributed by atoms with van der Waals surface area (Å²) >= 11 is 0. The first-order valence-corrected chi connectivity index (χ1v) is 9.65. The lowest BCUT2D eigenvalue weighted by Crippen LogP contribution is -2.47. The molecule has 8 nitrogen and oxygen atoms in total. The Kier molecular flexibility index (Phi) is 3.90. The van der Waals surface area contributed by atoms with Gasteiger partial charge in [0.2, 0.25) is 0 Å². The van der Waals surface area contributed by atoms with Crippen LogP contribution in [0, 0.1) is 0 Å². The second-order valence-electron chi connectivity index (χ2n) is 7.91. The Balaban J connectivity index is 1.42. The van der Waals surface area contributed by atoms with E-state index in [2.05, 4.69) is 27.5 Å². The number of aromatic hydroxyl groups is 1. The van der Waals surface area contributed by atoms with Crippen LogP contribution in [0.15, 0.2) is 33.5 Å². The number of phenolic OH excluding ortho intramolecular Hbond substituents is 1. The van der Waals surface area contributed by atoms with Crippen LogP contribution in [0.1, 0.15) is 25.7 Å². The molecule has 2 aliphatic heterocycles. The molecule has 2 bridgehead atoms. The van der Waals surface area contributed by atoms with Gasteiger partial charge in [-0.3, -0.25) is 4.57 Å². The van der Waals surface area contributed by atoms with E-state index < -0.39 is 5.76 Å². The highest BCUT2D eigenvalue weighted by molar-refractivity contribution is 5.83. The normalized spacial score (nSPS) is 24.0. The van der Waals surface area contributed by atoms with E-state index in [9.17, 15) is 9.90 Å². The number of anilines is 1. The number of oxazole rings is 1. The van der Waals surface area contributed by atoms with Gasteiger partial charge in [-0.25, -0.2) is 4.79 Å². The van der Waals surface area contributed by atoms with Gasteiger partial charge in [-0.2, -0.15) is 0 Å². The van der Waals surface area contributed by atoms with Crippen molar-refractivity contribution < 1.29 is 9.52 Å². The number of rotatable bonds is 3. The SMILES string of the molecule is CN(c1ccc(-c2cc3oc(=O)n(C)c3cc2O)nn1)[C@H]1C[C@H]2CC[C@@H](C1)N2. The van der Waals surface area contributed by atoms with Gasteiger partial charge in [0.1, 0.15) is 5.75 Å². The molecule has 0 spiro atoms. The Hall–Kier alpha value is -2.87. The molecule has 28 heavy (non-hydrogen) atoms. The highest BCUT2D eigenvalue weighted by Crippen LogP contribution is 2.33. The summed E-state index contributed by atoms with van der Waals surface area (Å²) in [4.78, 5) is 13.9. The van der Waals surface area contributed by atoms with Crippen LogP contribution in [-0.4, -0.2) is 45.0 Å². The van der Waals surface area contributed by atoms with Crippen molar-refractivity contribution in [2.24, 2.45) is 7.05 Å². The molecular weight excluding hydrogens is 358 g/mol. The molecule has 2 saturated heterocycles. The molecule has 0 saturated carbocycles. The maximum Gasteiger partial charge on any atom is 0.419 e. The van der Waals surface area contributed by atoms with E-state index in [1.54, 1.807) is 13.1 Å². The van der Waals surface area contributed by atoms with Crippen molar-refractivity contribution in [1.82, 2.24) is 20.1 Å². The number of piperidine rings is 1. The van der Waals surface area contributed by atoms with Crippen molar-refractivity contribution >= 4 is 16.9 Å². The summed E-state index contributed by atoms with van der Waals surface area (Å²) in [6, 6.07) is 8.60. The number of fused-ring (bicyclic) bond motifs is 3. The average Bonchev–Trinajstić information content (AvgIpc) is 3.18. The fourth-order valence-corrected chi connectivity index (χ4v) is 4.55. The first-order chi connectivity index (χ1) is 13.5. The van der Waals surface area contributed by atoms with Crippen LogP contribution in [0.2, 0.25) is 0 Å². The molecule has 0 unspecified atom stereocenters. The number of aryl methyl sites for hydroxylation is 1. The number of benzene rings is 1. The van der Waals surface area contributed by atoms with Crippen molar-refractivity contribution in [3.8, 4) is 17.0 Å². The maximum absolute atomic E-state index is 11.7. The first kappa shape index (κ1) is 17.2. The van der Waals surface area contributed by atoms with Crippen molar-refractivity contribution in [3.05, 3.63) is 34.8 Å². The van der Waals surface area contributed by atoms with Gasteiger partial charge < -0.3 is 19.7 Å². The lowest BCUT2D eigenvalue weighted by molar-refractivity contribution is 0.353. The molecule has 2 aliphatic rings. The third-order valence-corrected chi connectivity index (χ3v) is 6.19. The van der Waals surface area contributed by atoms with Crippen LogP contribution in [0.25, 0.3) is 22.4 Å². The predicted molar refractivity (Wildman–Crippen MR) is 106 cm³/mol. The minimum Gasteiger partial charge on any atom is -0.507 e. The molecule has 2 N–H and O–H groups in total. The Morgan fingerprint density at radius 1 is 1.21 bits per heavy atom. The van der Waals surface area contributed by atoms with Gasteiger partial charge in [0.05, 0.1) is 11.2 Å². The second kappa shape index (κ2) is 6.34. The molecule has 8 heteroatoms. The minimum absolute atomic E-state index is 0.0363. The number of nitrogens with one attached hydrogen (secondary N) is 1. The van der Waals surface area contributed by atoms with E-state index in [1.807, 2.05) is 12.1 Å². The third-order valence-electron chi connectivity index (χ3n) is 6.19. The minimum atomic E-state index is -0.467. The molecule has 0 amide bonds. The Morgan fingerprint density at radius 2 is 1.96 bits per heavy atom. The summed E-state index contributed by atoms with van der Waals surface area (Å²) in [5.74, 6) is 0.390. The zero-order valence-electron chi connectivity index (χ0n) is 15.9. The Morgan fingerprint density at radius 3 is 2.64 bits per heavy atom. The average molecular weight is 381 g/mol. The van der Waals surface area contributed by atoms with E-state index in [4.69, 9.17) is 4.42 Å². The van der Waals surface area contributed by atoms with Crippen LogP contribution in [-0.2, 0) is 7.05 Å². The molecule has 5 rings (SSSR count). The van der Waals surface area contributed by atoms with Gasteiger partial charge in [-0.1, -0.05) is 0 Å². The zero-order valence-corrected chi connectivity index (χ0v) is 15.9. The van der Waals surface area contributed by atoms with Crippen molar-refractivity contribution in [2.75, 3.05) is 11.9 Å². The van der Waals surface area contributed by atoms with E-state index in [0.29, 0.717) is 40.5 Å². The van der Waals surface area contributed by atoms with Gasteiger partial charge in [-0.15, -0.1) is 10.2 Å². The Labute approximate surface area is 161 Å². The standard InChI is InChI=1S/C20H23N5O3/c1-24(13-7-11-3-4-12(8-13)21-11)19-6-5-15(22-23-19)14-9-18-16(10-17(14)26)25(2)20(27)28-18/h5-6,9-13,21,26H,3-4,7-8H2,1-2H3/t11-,12+,13+. The van der Waals surface area contributed by atoms with E-state index in [0.717, 1.165) is 18.7 Å². The van der Waals surface area contributed by atoms with Crippen molar-refractivity contribution in [1.29, 1.82) is 0 Å². The summed E-state index contributed by atoms with van der Waals surface area (Å²) in [6.45, 7) is 0. The molecule has 0 aliphatic carbocycles. The maximum atomic E-state index is 11.7. The predicted octanol–water partition coefficient (Wildman–Crippen LogP) is 2.01. The van der Waals surface area contributed by atoms with Crippen LogP contribution in [0.5, 0.6) is 5.75 Å². The topological polar surface area (TPSA) is 96.4 Å². The van der Waals surface area contributed by atoms with Gasteiger partial charge in [0, 0.05) is 43.9 Å². The van der Waals surface area contributed by atoms with Crippen molar-refractivity contribution in [2.45, 2.75) is 43.8 Å². The number of nitrogens with zero attached hydrogens (tertiary/aromatic N) is 4. The molecule has 3 atom stereocenters. The summed E-state index contributed by atoms with van der Waals surface area (Å²) in [5.41, 5.74) is 1.97. The molecule has 4 heterocycles. The highest BCUT2D eigenvalue weighted by atomic mass is 16.4. The lowest BCUT2D eigenvalue weighted by Gasteiger charge is -2.36. The number of hydrogen-bond donors (Lipinski definition) is 2. The van der Waals surface area contributed by atoms with E-state index >= 15 is 0 Å². The smallest absolute Gasteiger partial charge is 0.419 e. The number of aromatic nitrogens is 3. The van der Waals surface area contributed by atoms with E-state index in [1.165, 1.54) is 23.5 Å². The second-order valence-corrected chi connectivity index (χ2v) is 7.91. The molecule has 0 radical (unpaired) electrons. The molecular formula is C20H23N5O3. The monoisotopic (exact) mass is 381 g/mol. The van der Waals surface area contributed by atoms with Crippen molar-refractivity contribution in [3.63, 3.8) is 0 Å². The van der Waals surface area contributed by atoms with Gasteiger partial charge >= 0.3 is 5.76 Å².